The first kappa shape index (κ1) is 13.8. The molecule has 1 saturated heterocycles. The van der Waals surface area contributed by atoms with Gasteiger partial charge < -0.3 is 15.3 Å². The molecule has 1 rings (SSSR count). The van der Waals surface area contributed by atoms with Gasteiger partial charge in [-0.3, -0.25) is 0 Å². The molecular weight excluding hydrogens is 220 g/mol. The van der Waals surface area contributed by atoms with Gasteiger partial charge in [-0.2, -0.15) is 0 Å². The van der Waals surface area contributed by atoms with E-state index >= 15 is 0 Å². The van der Waals surface area contributed by atoms with Crippen molar-refractivity contribution in [3.63, 3.8) is 0 Å². The number of likely N-dealkylation sites (tertiary alicyclic amines) is 1. The van der Waals surface area contributed by atoms with E-state index in [0.29, 0.717) is 0 Å². The molecule has 0 aliphatic carbocycles. The van der Waals surface area contributed by atoms with Crippen LogP contribution in [0.1, 0.15) is 40.0 Å². The van der Waals surface area contributed by atoms with Gasteiger partial charge in [0.15, 0.2) is 0 Å². The number of piperidine rings is 1. The molecule has 1 aliphatic rings. The highest BCUT2D eigenvalue weighted by molar-refractivity contribution is 5.82. The van der Waals surface area contributed by atoms with E-state index in [2.05, 4.69) is 5.32 Å². The van der Waals surface area contributed by atoms with Crippen molar-refractivity contribution in [2.45, 2.75) is 52.1 Å². The number of nitrogens with zero attached hydrogens (tertiary/aromatic N) is 1. The number of carbonyl (C=O) groups is 2. The van der Waals surface area contributed by atoms with Crippen LogP contribution >= 0.6 is 0 Å². The molecule has 2 unspecified atom stereocenters. The zero-order chi connectivity index (χ0) is 13.0. The number of hydrogen-bond acceptors (Lipinski definition) is 2. The molecule has 0 bridgehead atoms. The van der Waals surface area contributed by atoms with Crippen LogP contribution in [0.25, 0.3) is 0 Å². The fourth-order valence-electron chi connectivity index (χ4n) is 2.13. The summed E-state index contributed by atoms with van der Waals surface area (Å²) in [6, 6.07) is -0.861. The van der Waals surface area contributed by atoms with E-state index in [1.165, 1.54) is 0 Å². The third-order valence-corrected chi connectivity index (χ3v) is 3.28. The van der Waals surface area contributed by atoms with Crippen molar-refractivity contribution in [3.8, 4) is 0 Å². The summed E-state index contributed by atoms with van der Waals surface area (Å²) < 4.78 is 0. The molecule has 5 nitrogen and oxygen atoms in total. The molecule has 0 aromatic carbocycles. The summed E-state index contributed by atoms with van der Waals surface area (Å²) in [5.41, 5.74) is 0. The minimum atomic E-state index is -0.974. The van der Waals surface area contributed by atoms with Crippen LogP contribution < -0.4 is 5.32 Å². The van der Waals surface area contributed by atoms with Gasteiger partial charge in [-0.25, -0.2) is 9.59 Å². The number of carbonyl (C=O) groups excluding carboxylic acids is 1. The highest BCUT2D eigenvalue weighted by Crippen LogP contribution is 2.16. The molecule has 0 saturated carbocycles. The van der Waals surface area contributed by atoms with Crippen LogP contribution in [0.5, 0.6) is 0 Å². The number of nitrogens with one attached hydrogen (secondary N) is 1. The Balaban J connectivity index is 2.60. The molecule has 0 aromatic rings. The first-order valence-electron chi connectivity index (χ1n) is 6.23. The summed E-state index contributed by atoms with van der Waals surface area (Å²) in [5.74, 6) is -1.09. The average Bonchev–Trinajstić information content (AvgIpc) is 2.25. The van der Waals surface area contributed by atoms with Gasteiger partial charge in [-0.15, -0.1) is 0 Å². The molecule has 2 N–H and O–H groups in total. The van der Waals surface area contributed by atoms with Gasteiger partial charge in [0.2, 0.25) is 0 Å². The van der Waals surface area contributed by atoms with Crippen molar-refractivity contribution in [2.75, 3.05) is 6.54 Å². The molecule has 2 amide bonds. The van der Waals surface area contributed by atoms with Gasteiger partial charge in [0, 0.05) is 12.6 Å². The van der Waals surface area contributed by atoms with Crippen molar-refractivity contribution in [3.05, 3.63) is 0 Å². The highest BCUT2D eigenvalue weighted by atomic mass is 16.4. The Kier molecular flexibility index (Phi) is 4.78. The number of hydrogen-bond donors (Lipinski definition) is 2. The molecule has 0 aromatic heterocycles. The lowest BCUT2D eigenvalue weighted by molar-refractivity contribution is -0.140. The van der Waals surface area contributed by atoms with E-state index in [9.17, 15) is 9.59 Å². The van der Waals surface area contributed by atoms with Gasteiger partial charge in [0.05, 0.1) is 0 Å². The molecule has 17 heavy (non-hydrogen) atoms. The second-order valence-corrected chi connectivity index (χ2v) is 5.05. The lowest BCUT2D eigenvalue weighted by Gasteiger charge is -2.34. The second kappa shape index (κ2) is 5.89. The van der Waals surface area contributed by atoms with Crippen LogP contribution in [-0.4, -0.2) is 40.6 Å². The van der Waals surface area contributed by atoms with Gasteiger partial charge >= 0.3 is 12.0 Å². The van der Waals surface area contributed by atoms with Gasteiger partial charge in [0.1, 0.15) is 6.04 Å². The fourth-order valence-corrected chi connectivity index (χ4v) is 2.13. The Morgan fingerprint density at radius 2 is 2.00 bits per heavy atom. The quantitative estimate of drug-likeness (QED) is 0.791. The zero-order valence-electron chi connectivity index (χ0n) is 10.8. The smallest absolute Gasteiger partial charge is 0.326 e. The van der Waals surface area contributed by atoms with Crippen LogP contribution in [0, 0.1) is 5.92 Å². The van der Waals surface area contributed by atoms with Crippen LogP contribution in [0.15, 0.2) is 0 Å². The SMILES string of the molecule is CC(C)C(NC(=O)N1CCCCC1C)C(=O)O. The minimum Gasteiger partial charge on any atom is -0.480 e. The lowest BCUT2D eigenvalue weighted by atomic mass is 10.0. The number of rotatable bonds is 3. The third-order valence-electron chi connectivity index (χ3n) is 3.28. The summed E-state index contributed by atoms with van der Waals surface area (Å²) in [5, 5.41) is 11.6. The molecule has 0 radical (unpaired) electrons. The Hall–Kier alpha value is -1.26. The van der Waals surface area contributed by atoms with Crippen LogP contribution in [-0.2, 0) is 4.79 Å². The second-order valence-electron chi connectivity index (χ2n) is 5.05. The molecule has 2 atom stereocenters. The summed E-state index contributed by atoms with van der Waals surface area (Å²) >= 11 is 0. The van der Waals surface area contributed by atoms with E-state index in [1.807, 2.05) is 6.92 Å². The maximum atomic E-state index is 12.0. The Bertz CT molecular complexity index is 291. The molecule has 1 aliphatic heterocycles. The molecular formula is C12H22N2O3. The van der Waals surface area contributed by atoms with Crippen molar-refractivity contribution >= 4 is 12.0 Å². The first-order valence-corrected chi connectivity index (χ1v) is 6.23. The number of carboxylic acid groups (broad SMARTS) is 1. The summed E-state index contributed by atoms with van der Waals surface area (Å²) in [7, 11) is 0. The lowest BCUT2D eigenvalue weighted by Crippen LogP contribution is -2.53. The summed E-state index contributed by atoms with van der Waals surface area (Å²) in [4.78, 5) is 24.7. The van der Waals surface area contributed by atoms with E-state index in [4.69, 9.17) is 5.11 Å². The van der Waals surface area contributed by atoms with Crippen molar-refractivity contribution in [2.24, 2.45) is 5.92 Å². The van der Waals surface area contributed by atoms with Crippen LogP contribution in [0.2, 0.25) is 0 Å². The highest BCUT2D eigenvalue weighted by Gasteiger charge is 2.28. The normalized spacial score (nSPS) is 22.4. The topological polar surface area (TPSA) is 69.6 Å². The van der Waals surface area contributed by atoms with Gasteiger partial charge in [-0.1, -0.05) is 13.8 Å². The molecule has 1 fully saturated rings. The molecule has 0 spiro atoms. The fraction of sp³-hybridized carbons (Fsp3) is 0.833. The third kappa shape index (κ3) is 3.61. The summed E-state index contributed by atoms with van der Waals surface area (Å²) in [6.07, 6.45) is 3.13. The van der Waals surface area contributed by atoms with Crippen molar-refractivity contribution < 1.29 is 14.7 Å². The zero-order valence-corrected chi connectivity index (χ0v) is 10.8. The number of amides is 2. The minimum absolute atomic E-state index is 0.114. The molecule has 98 valence electrons. The summed E-state index contributed by atoms with van der Waals surface area (Å²) in [6.45, 7) is 6.30. The molecule has 1 heterocycles. The largest absolute Gasteiger partial charge is 0.480 e. The number of aliphatic carboxylic acids is 1. The number of urea groups is 1. The Morgan fingerprint density at radius 3 is 2.47 bits per heavy atom. The monoisotopic (exact) mass is 242 g/mol. The first-order chi connectivity index (χ1) is 7.93. The predicted octanol–water partition coefficient (Wildman–Crippen LogP) is 1.68. The molecule has 5 heteroatoms. The Labute approximate surface area is 102 Å². The van der Waals surface area contributed by atoms with Crippen LogP contribution in [0.3, 0.4) is 0 Å². The maximum Gasteiger partial charge on any atom is 0.326 e. The number of carboxylic acids is 1. The van der Waals surface area contributed by atoms with Crippen molar-refractivity contribution in [1.82, 2.24) is 10.2 Å². The van der Waals surface area contributed by atoms with E-state index in [-0.39, 0.29) is 18.0 Å². The van der Waals surface area contributed by atoms with E-state index in [1.54, 1.807) is 18.7 Å². The van der Waals surface area contributed by atoms with Crippen molar-refractivity contribution in [1.29, 1.82) is 0 Å². The van der Waals surface area contributed by atoms with E-state index in [0.717, 1.165) is 25.8 Å². The standard InChI is InChI=1S/C12H22N2O3/c1-8(2)10(11(15)16)13-12(17)14-7-5-4-6-9(14)3/h8-10H,4-7H2,1-3H3,(H,13,17)(H,15,16). The predicted molar refractivity (Wildman–Crippen MR) is 64.8 cm³/mol. The van der Waals surface area contributed by atoms with Gasteiger partial charge in [-0.05, 0) is 32.1 Å². The van der Waals surface area contributed by atoms with Gasteiger partial charge in [0.25, 0.3) is 0 Å². The average molecular weight is 242 g/mol. The maximum absolute atomic E-state index is 12.0. The van der Waals surface area contributed by atoms with Crippen LogP contribution in [0.4, 0.5) is 4.79 Å². The Morgan fingerprint density at radius 1 is 1.35 bits per heavy atom. The van der Waals surface area contributed by atoms with E-state index < -0.39 is 12.0 Å².